The lowest BCUT2D eigenvalue weighted by molar-refractivity contribution is 0.485. The van der Waals surface area contributed by atoms with Gasteiger partial charge in [0.25, 0.3) is 0 Å². The van der Waals surface area contributed by atoms with Crippen LogP contribution >= 0.6 is 11.6 Å². The van der Waals surface area contributed by atoms with E-state index in [1.54, 1.807) is 0 Å². The monoisotopic (exact) mass is 252 g/mol. The molecule has 2 nitrogen and oxygen atoms in total. The third kappa shape index (κ3) is 2.75. The zero-order valence-corrected chi connectivity index (χ0v) is 11.4. The second-order valence-corrected chi connectivity index (χ2v) is 5.44. The molecule has 0 unspecified atom stereocenters. The van der Waals surface area contributed by atoms with Crippen LogP contribution in [0, 0.1) is 0 Å². The summed E-state index contributed by atoms with van der Waals surface area (Å²) in [6, 6.07) is 6.83. The maximum atomic E-state index is 6.37. The molecule has 1 fully saturated rings. The molecule has 94 valence electrons. The average molecular weight is 253 g/mol. The van der Waals surface area contributed by atoms with E-state index in [-0.39, 0.29) is 6.04 Å². The first-order valence-corrected chi connectivity index (χ1v) is 6.79. The van der Waals surface area contributed by atoms with Crippen LogP contribution in [0.4, 0.5) is 5.69 Å². The number of piperidine rings is 1. The Morgan fingerprint density at radius 1 is 1.41 bits per heavy atom. The highest BCUT2D eigenvalue weighted by molar-refractivity contribution is 6.33. The van der Waals surface area contributed by atoms with Crippen molar-refractivity contribution in [2.24, 2.45) is 5.73 Å². The fourth-order valence-electron chi connectivity index (χ4n) is 2.50. The van der Waals surface area contributed by atoms with Gasteiger partial charge in [0.2, 0.25) is 0 Å². The smallest absolute Gasteiger partial charge is 0.0642 e. The van der Waals surface area contributed by atoms with Gasteiger partial charge >= 0.3 is 0 Å². The molecule has 0 amide bonds. The first kappa shape index (κ1) is 12.7. The topological polar surface area (TPSA) is 29.3 Å². The summed E-state index contributed by atoms with van der Waals surface area (Å²) in [5.74, 6) is 0. The van der Waals surface area contributed by atoms with Crippen LogP contribution in [0.15, 0.2) is 18.2 Å². The van der Waals surface area contributed by atoms with E-state index < -0.39 is 0 Å². The summed E-state index contributed by atoms with van der Waals surface area (Å²) >= 11 is 6.37. The number of nitrogens with zero attached hydrogens (tertiary/aromatic N) is 1. The van der Waals surface area contributed by atoms with E-state index in [1.165, 1.54) is 19.3 Å². The van der Waals surface area contributed by atoms with Gasteiger partial charge in [-0.2, -0.15) is 0 Å². The Morgan fingerprint density at radius 2 is 2.18 bits per heavy atom. The highest BCUT2D eigenvalue weighted by Gasteiger charge is 2.20. The van der Waals surface area contributed by atoms with Crippen LogP contribution in [0.3, 0.4) is 0 Å². The molecule has 0 aliphatic carbocycles. The molecule has 1 heterocycles. The van der Waals surface area contributed by atoms with Crippen molar-refractivity contribution >= 4 is 17.3 Å². The summed E-state index contributed by atoms with van der Waals surface area (Å²) < 4.78 is 0. The fourth-order valence-corrected chi connectivity index (χ4v) is 2.79. The fraction of sp³-hybridized carbons (Fsp3) is 0.571. The molecular formula is C14H21ClN2. The van der Waals surface area contributed by atoms with Crippen LogP contribution in [0.1, 0.15) is 44.7 Å². The lowest BCUT2D eigenvalue weighted by Gasteiger charge is -2.36. The van der Waals surface area contributed by atoms with Crippen molar-refractivity contribution in [2.45, 2.75) is 45.2 Å². The van der Waals surface area contributed by atoms with Crippen molar-refractivity contribution in [2.75, 3.05) is 11.4 Å². The van der Waals surface area contributed by atoms with Crippen molar-refractivity contribution in [1.82, 2.24) is 0 Å². The first-order valence-electron chi connectivity index (χ1n) is 6.41. The van der Waals surface area contributed by atoms with Gasteiger partial charge < -0.3 is 10.6 Å². The summed E-state index contributed by atoms with van der Waals surface area (Å²) in [6.07, 6.45) is 3.84. The summed E-state index contributed by atoms with van der Waals surface area (Å²) in [5, 5.41) is 0.827. The number of hydrogen-bond donors (Lipinski definition) is 1. The molecule has 0 aromatic heterocycles. The van der Waals surface area contributed by atoms with E-state index in [4.69, 9.17) is 17.3 Å². The van der Waals surface area contributed by atoms with E-state index in [9.17, 15) is 0 Å². The van der Waals surface area contributed by atoms with Crippen molar-refractivity contribution in [3.8, 4) is 0 Å². The zero-order chi connectivity index (χ0) is 12.4. The van der Waals surface area contributed by atoms with Crippen LogP contribution in [-0.2, 0) is 0 Å². The molecule has 1 aromatic carbocycles. The quantitative estimate of drug-likeness (QED) is 0.869. The second kappa shape index (κ2) is 5.28. The molecule has 2 rings (SSSR count). The molecule has 1 aliphatic rings. The molecule has 1 aliphatic heterocycles. The Labute approximate surface area is 109 Å². The maximum absolute atomic E-state index is 6.37. The summed E-state index contributed by atoms with van der Waals surface area (Å²) in [5.41, 5.74) is 8.12. The largest absolute Gasteiger partial charge is 0.368 e. The number of rotatable bonds is 2. The lowest BCUT2D eigenvalue weighted by atomic mass is 10.0. The Kier molecular flexibility index (Phi) is 3.95. The molecule has 0 saturated carbocycles. The number of anilines is 1. The van der Waals surface area contributed by atoms with Crippen LogP contribution in [0.2, 0.25) is 5.02 Å². The number of nitrogens with two attached hydrogens (primary N) is 1. The van der Waals surface area contributed by atoms with Crippen LogP contribution in [0.25, 0.3) is 0 Å². The summed E-state index contributed by atoms with van der Waals surface area (Å²) in [6.45, 7) is 5.36. The molecular weight excluding hydrogens is 232 g/mol. The average Bonchev–Trinajstić information content (AvgIpc) is 2.30. The third-order valence-electron chi connectivity index (χ3n) is 3.61. The summed E-state index contributed by atoms with van der Waals surface area (Å²) in [7, 11) is 0. The van der Waals surface area contributed by atoms with Gasteiger partial charge in [-0.25, -0.2) is 0 Å². The Balaban J connectivity index is 2.26. The van der Waals surface area contributed by atoms with E-state index in [0.29, 0.717) is 6.04 Å². The van der Waals surface area contributed by atoms with Gasteiger partial charge in [-0.3, -0.25) is 0 Å². The van der Waals surface area contributed by atoms with Gasteiger partial charge in [-0.1, -0.05) is 17.7 Å². The maximum Gasteiger partial charge on any atom is 0.0642 e. The van der Waals surface area contributed by atoms with E-state index in [0.717, 1.165) is 22.8 Å². The van der Waals surface area contributed by atoms with Crippen molar-refractivity contribution in [3.63, 3.8) is 0 Å². The molecule has 3 heteroatoms. The number of benzene rings is 1. The molecule has 17 heavy (non-hydrogen) atoms. The van der Waals surface area contributed by atoms with Crippen LogP contribution < -0.4 is 10.6 Å². The van der Waals surface area contributed by atoms with Gasteiger partial charge in [0.05, 0.1) is 10.7 Å². The Morgan fingerprint density at radius 3 is 2.76 bits per heavy atom. The predicted octanol–water partition coefficient (Wildman–Crippen LogP) is 3.74. The highest BCUT2D eigenvalue weighted by atomic mass is 35.5. The standard InChI is InChI=1S/C14H21ClN2/c1-10-5-3-4-8-17(10)14-7-6-12(11(2)16)9-13(14)15/h6-7,9-11H,3-5,8,16H2,1-2H3/t10-,11+/m1/s1. The van der Waals surface area contributed by atoms with Gasteiger partial charge in [0.15, 0.2) is 0 Å². The van der Waals surface area contributed by atoms with Crippen molar-refractivity contribution < 1.29 is 0 Å². The molecule has 0 bridgehead atoms. The van der Waals surface area contributed by atoms with Crippen LogP contribution in [-0.4, -0.2) is 12.6 Å². The molecule has 1 aromatic rings. The minimum atomic E-state index is 0.0420. The van der Waals surface area contributed by atoms with Crippen LogP contribution in [0.5, 0.6) is 0 Å². The van der Waals surface area contributed by atoms with Gasteiger partial charge in [0.1, 0.15) is 0 Å². The molecule has 0 spiro atoms. The molecule has 0 radical (unpaired) electrons. The zero-order valence-electron chi connectivity index (χ0n) is 10.6. The van der Waals surface area contributed by atoms with Crippen molar-refractivity contribution in [1.29, 1.82) is 0 Å². The Hall–Kier alpha value is -0.730. The van der Waals surface area contributed by atoms with Gasteiger partial charge in [-0.05, 0) is 50.8 Å². The first-order chi connectivity index (χ1) is 8.09. The second-order valence-electron chi connectivity index (χ2n) is 5.04. The van der Waals surface area contributed by atoms with Crippen molar-refractivity contribution in [3.05, 3.63) is 28.8 Å². The lowest BCUT2D eigenvalue weighted by Crippen LogP contribution is -2.37. The minimum Gasteiger partial charge on any atom is -0.368 e. The molecule has 1 saturated heterocycles. The minimum absolute atomic E-state index is 0.0420. The highest BCUT2D eigenvalue weighted by Crippen LogP contribution is 2.32. The third-order valence-corrected chi connectivity index (χ3v) is 3.91. The molecule has 2 atom stereocenters. The number of halogens is 1. The van der Waals surface area contributed by atoms with Gasteiger partial charge in [0, 0.05) is 18.6 Å². The summed E-state index contributed by atoms with van der Waals surface area (Å²) in [4.78, 5) is 2.41. The predicted molar refractivity (Wildman–Crippen MR) is 74.7 cm³/mol. The normalized spacial score (nSPS) is 22.6. The number of hydrogen-bond acceptors (Lipinski definition) is 2. The molecule has 2 N–H and O–H groups in total. The Bertz CT molecular complexity index is 390. The van der Waals surface area contributed by atoms with E-state index in [1.807, 2.05) is 13.0 Å². The SMILES string of the molecule is C[C@H](N)c1ccc(N2CCCC[C@H]2C)c(Cl)c1. The van der Waals surface area contributed by atoms with Gasteiger partial charge in [-0.15, -0.1) is 0 Å². The van der Waals surface area contributed by atoms with E-state index in [2.05, 4.69) is 24.0 Å². The van der Waals surface area contributed by atoms with E-state index >= 15 is 0 Å².